The summed E-state index contributed by atoms with van der Waals surface area (Å²) in [5.74, 6) is 0.597. The van der Waals surface area contributed by atoms with Crippen LogP contribution >= 0.6 is 0 Å². The maximum atomic E-state index is 12.7. The zero-order valence-corrected chi connectivity index (χ0v) is 12.2. The largest absolute Gasteiger partial charge is 0.393 e. The summed E-state index contributed by atoms with van der Waals surface area (Å²) < 4.78 is 2.00. The second-order valence-corrected chi connectivity index (χ2v) is 6.28. The quantitative estimate of drug-likeness (QED) is 0.918. The van der Waals surface area contributed by atoms with Crippen molar-refractivity contribution in [1.82, 2.24) is 14.7 Å². The van der Waals surface area contributed by atoms with E-state index in [4.69, 9.17) is 0 Å². The van der Waals surface area contributed by atoms with E-state index in [2.05, 4.69) is 18.9 Å². The molecule has 1 aliphatic heterocycles. The third kappa shape index (κ3) is 2.46. The molecule has 1 saturated carbocycles. The number of nitrogens with zero attached hydrogens (tertiary/aromatic N) is 3. The lowest BCUT2D eigenvalue weighted by Gasteiger charge is -2.29. The molecule has 110 valence electrons. The van der Waals surface area contributed by atoms with Gasteiger partial charge in [0, 0.05) is 25.0 Å². The monoisotopic (exact) mass is 277 g/mol. The van der Waals surface area contributed by atoms with E-state index in [1.54, 1.807) is 6.20 Å². The molecule has 0 spiro atoms. The molecule has 1 amide bonds. The highest BCUT2D eigenvalue weighted by atomic mass is 16.3. The van der Waals surface area contributed by atoms with Gasteiger partial charge in [-0.25, -0.2) is 0 Å². The molecule has 0 bridgehead atoms. The summed E-state index contributed by atoms with van der Waals surface area (Å²) in [7, 11) is 0. The standard InChI is InChI=1S/C15H23N3O2/c1-10(2)18-14(11-3-4-11)13(9-16-18)15(20)17-7-5-12(19)6-8-17/h9-12,19H,3-8H2,1-2H3. The molecule has 0 unspecified atom stereocenters. The fraction of sp³-hybridized carbons (Fsp3) is 0.733. The van der Waals surface area contributed by atoms with Gasteiger partial charge in [0.1, 0.15) is 0 Å². The Morgan fingerprint density at radius 3 is 2.50 bits per heavy atom. The molecular formula is C15H23N3O2. The Kier molecular flexibility index (Phi) is 3.54. The Labute approximate surface area is 119 Å². The van der Waals surface area contributed by atoms with Crippen LogP contribution in [-0.4, -0.2) is 44.9 Å². The Bertz CT molecular complexity index is 497. The van der Waals surface area contributed by atoms with Gasteiger partial charge >= 0.3 is 0 Å². The van der Waals surface area contributed by atoms with Crippen molar-refractivity contribution in [2.45, 2.75) is 57.6 Å². The van der Waals surface area contributed by atoms with Crippen molar-refractivity contribution in [3.8, 4) is 0 Å². The van der Waals surface area contributed by atoms with Gasteiger partial charge < -0.3 is 10.0 Å². The second-order valence-electron chi connectivity index (χ2n) is 6.28. The molecule has 1 aliphatic carbocycles. The summed E-state index contributed by atoms with van der Waals surface area (Å²) in [5, 5.41) is 14.0. The Hall–Kier alpha value is -1.36. The molecule has 0 atom stereocenters. The summed E-state index contributed by atoms with van der Waals surface area (Å²) in [4.78, 5) is 14.5. The highest BCUT2D eigenvalue weighted by Gasteiger charge is 2.34. The van der Waals surface area contributed by atoms with Crippen LogP contribution in [0.1, 0.15) is 67.5 Å². The lowest BCUT2D eigenvalue weighted by Crippen LogP contribution is -2.40. The third-order valence-corrected chi connectivity index (χ3v) is 4.27. The third-order valence-electron chi connectivity index (χ3n) is 4.27. The van der Waals surface area contributed by atoms with Crippen molar-refractivity contribution in [1.29, 1.82) is 0 Å². The van der Waals surface area contributed by atoms with Gasteiger partial charge in [-0.3, -0.25) is 9.48 Å². The summed E-state index contributed by atoms with van der Waals surface area (Å²) >= 11 is 0. The summed E-state index contributed by atoms with van der Waals surface area (Å²) in [6, 6.07) is 0.287. The minimum Gasteiger partial charge on any atom is -0.393 e. The first kappa shape index (κ1) is 13.6. The van der Waals surface area contributed by atoms with E-state index in [1.165, 1.54) is 0 Å². The van der Waals surface area contributed by atoms with Crippen molar-refractivity contribution in [2.24, 2.45) is 0 Å². The van der Waals surface area contributed by atoms with E-state index < -0.39 is 0 Å². The van der Waals surface area contributed by atoms with Crippen molar-refractivity contribution < 1.29 is 9.90 Å². The van der Waals surface area contributed by atoms with Gasteiger partial charge in [-0.05, 0) is 39.5 Å². The van der Waals surface area contributed by atoms with Crippen LogP contribution in [0.15, 0.2) is 6.20 Å². The topological polar surface area (TPSA) is 58.4 Å². The lowest BCUT2D eigenvalue weighted by atomic mass is 10.1. The fourth-order valence-corrected chi connectivity index (χ4v) is 2.95. The summed E-state index contributed by atoms with van der Waals surface area (Å²) in [5.41, 5.74) is 1.90. The van der Waals surface area contributed by atoms with Crippen LogP contribution in [0.4, 0.5) is 0 Å². The molecule has 20 heavy (non-hydrogen) atoms. The van der Waals surface area contributed by atoms with Crippen LogP contribution in [0, 0.1) is 0 Å². The maximum absolute atomic E-state index is 12.7. The average Bonchev–Trinajstić information content (AvgIpc) is 3.17. The van der Waals surface area contributed by atoms with Gasteiger partial charge in [-0.2, -0.15) is 5.10 Å². The summed E-state index contributed by atoms with van der Waals surface area (Å²) in [6.07, 6.45) is 5.18. The van der Waals surface area contributed by atoms with Crippen LogP contribution in [0.25, 0.3) is 0 Å². The van der Waals surface area contributed by atoms with Crippen LogP contribution in [0.2, 0.25) is 0 Å². The Morgan fingerprint density at radius 1 is 1.30 bits per heavy atom. The zero-order chi connectivity index (χ0) is 14.3. The number of aliphatic hydroxyl groups excluding tert-OH is 1. The first-order valence-electron chi connectivity index (χ1n) is 7.62. The lowest BCUT2D eigenvalue weighted by molar-refractivity contribution is 0.0545. The Balaban J connectivity index is 1.84. The maximum Gasteiger partial charge on any atom is 0.257 e. The van der Waals surface area contributed by atoms with E-state index in [0.29, 0.717) is 31.8 Å². The molecule has 3 rings (SSSR count). The molecule has 1 saturated heterocycles. The fourth-order valence-electron chi connectivity index (χ4n) is 2.95. The smallest absolute Gasteiger partial charge is 0.257 e. The predicted octanol–water partition coefficient (Wildman–Crippen LogP) is 1.94. The number of piperidine rings is 1. The number of carbonyl (C=O) groups excluding carboxylic acids is 1. The molecule has 1 aromatic rings. The molecule has 2 aliphatic rings. The number of amides is 1. The number of aliphatic hydroxyl groups is 1. The zero-order valence-electron chi connectivity index (χ0n) is 12.2. The van der Waals surface area contributed by atoms with Crippen molar-refractivity contribution in [3.63, 3.8) is 0 Å². The molecule has 5 heteroatoms. The van der Waals surface area contributed by atoms with E-state index in [-0.39, 0.29) is 18.1 Å². The molecule has 2 heterocycles. The van der Waals surface area contributed by atoms with Gasteiger partial charge in [0.2, 0.25) is 0 Å². The van der Waals surface area contributed by atoms with Gasteiger partial charge in [0.25, 0.3) is 5.91 Å². The molecule has 5 nitrogen and oxygen atoms in total. The van der Waals surface area contributed by atoms with E-state index >= 15 is 0 Å². The normalized spacial score (nSPS) is 20.7. The van der Waals surface area contributed by atoms with Crippen LogP contribution in [-0.2, 0) is 0 Å². The first-order valence-corrected chi connectivity index (χ1v) is 7.62. The van der Waals surface area contributed by atoms with Crippen molar-refractivity contribution in [2.75, 3.05) is 13.1 Å². The SMILES string of the molecule is CC(C)n1ncc(C(=O)N2CCC(O)CC2)c1C1CC1. The van der Waals surface area contributed by atoms with Gasteiger partial charge in [0.05, 0.1) is 23.6 Å². The van der Waals surface area contributed by atoms with Crippen LogP contribution < -0.4 is 0 Å². The van der Waals surface area contributed by atoms with Gasteiger partial charge in [-0.15, -0.1) is 0 Å². The van der Waals surface area contributed by atoms with Gasteiger partial charge in [0.15, 0.2) is 0 Å². The van der Waals surface area contributed by atoms with Crippen molar-refractivity contribution >= 4 is 5.91 Å². The molecule has 0 aromatic carbocycles. The number of hydrogen-bond acceptors (Lipinski definition) is 3. The minimum absolute atomic E-state index is 0.0886. The number of aromatic nitrogens is 2. The summed E-state index contributed by atoms with van der Waals surface area (Å²) in [6.45, 7) is 5.50. The van der Waals surface area contributed by atoms with E-state index in [1.807, 2.05) is 9.58 Å². The molecular weight excluding hydrogens is 254 g/mol. The van der Waals surface area contributed by atoms with Gasteiger partial charge in [-0.1, -0.05) is 0 Å². The Morgan fingerprint density at radius 2 is 1.95 bits per heavy atom. The molecule has 1 aromatic heterocycles. The average molecular weight is 277 g/mol. The second kappa shape index (κ2) is 5.20. The van der Waals surface area contributed by atoms with E-state index in [9.17, 15) is 9.90 Å². The molecule has 0 radical (unpaired) electrons. The number of carbonyl (C=O) groups is 1. The molecule has 2 fully saturated rings. The highest BCUT2D eigenvalue weighted by molar-refractivity contribution is 5.95. The number of hydrogen-bond donors (Lipinski definition) is 1. The first-order chi connectivity index (χ1) is 9.58. The number of rotatable bonds is 3. The predicted molar refractivity (Wildman–Crippen MR) is 75.7 cm³/mol. The van der Waals surface area contributed by atoms with Crippen LogP contribution in [0.5, 0.6) is 0 Å². The molecule has 1 N–H and O–H groups in total. The van der Waals surface area contributed by atoms with E-state index in [0.717, 1.165) is 24.1 Å². The van der Waals surface area contributed by atoms with Crippen LogP contribution in [0.3, 0.4) is 0 Å². The number of likely N-dealkylation sites (tertiary alicyclic amines) is 1. The highest BCUT2D eigenvalue weighted by Crippen LogP contribution is 2.42. The minimum atomic E-state index is -0.250. The van der Waals surface area contributed by atoms with Crippen molar-refractivity contribution in [3.05, 3.63) is 17.5 Å².